The van der Waals surface area contributed by atoms with E-state index in [2.05, 4.69) is 28.9 Å². The summed E-state index contributed by atoms with van der Waals surface area (Å²) in [5.41, 5.74) is 1.60. The zero-order chi connectivity index (χ0) is 21.9. The van der Waals surface area contributed by atoms with E-state index in [0.29, 0.717) is 11.8 Å². The van der Waals surface area contributed by atoms with Gasteiger partial charge in [-0.2, -0.15) is 0 Å². The van der Waals surface area contributed by atoms with Gasteiger partial charge in [-0.15, -0.1) is 0 Å². The summed E-state index contributed by atoms with van der Waals surface area (Å²) in [5, 5.41) is 0. The largest absolute Gasteiger partial charge is 0.497 e. The van der Waals surface area contributed by atoms with Gasteiger partial charge in [-0.05, 0) is 55.6 Å². The molecule has 1 spiro atoms. The first kappa shape index (κ1) is 20.8. The maximum atomic E-state index is 13.0. The summed E-state index contributed by atoms with van der Waals surface area (Å²) in [6.07, 6.45) is 5.94. The maximum absolute atomic E-state index is 13.0. The van der Waals surface area contributed by atoms with E-state index in [1.165, 1.54) is 24.9 Å². The van der Waals surface area contributed by atoms with Gasteiger partial charge in [-0.25, -0.2) is 0 Å². The molecule has 5 aliphatic rings. The highest BCUT2D eigenvalue weighted by atomic mass is 16.6. The first-order valence-corrected chi connectivity index (χ1v) is 12.5. The number of carbonyl (C=O) groups is 1. The van der Waals surface area contributed by atoms with Crippen molar-refractivity contribution in [2.24, 2.45) is 23.2 Å². The zero-order valence-electron chi connectivity index (χ0n) is 19.4. The van der Waals surface area contributed by atoms with Crippen LogP contribution in [0.1, 0.15) is 39.0 Å². The van der Waals surface area contributed by atoms with Gasteiger partial charge in [-0.1, -0.05) is 13.0 Å². The monoisotopic (exact) mass is 440 g/mol. The molecule has 6 nitrogen and oxygen atoms in total. The van der Waals surface area contributed by atoms with E-state index in [0.717, 1.165) is 57.9 Å². The number of nitrogens with zero attached hydrogens (tertiary/aromatic N) is 2. The third kappa shape index (κ3) is 3.41. The minimum absolute atomic E-state index is 0.0191. The number of benzene rings is 1. The molecule has 3 saturated heterocycles. The Bertz CT molecular complexity index is 878. The van der Waals surface area contributed by atoms with Crippen LogP contribution in [-0.2, 0) is 14.3 Å². The fraction of sp³-hybridized carbons (Fsp3) is 0.731. The Morgan fingerprint density at radius 1 is 1.19 bits per heavy atom. The lowest BCUT2D eigenvalue weighted by Crippen LogP contribution is -2.52. The molecule has 1 aromatic carbocycles. The van der Waals surface area contributed by atoms with Crippen LogP contribution >= 0.6 is 0 Å². The number of hydrogen-bond donors (Lipinski definition) is 0. The lowest BCUT2D eigenvalue weighted by Gasteiger charge is -2.51. The third-order valence-electron chi connectivity index (χ3n) is 9.32. The first-order chi connectivity index (χ1) is 15.5. The number of rotatable bonds is 4. The van der Waals surface area contributed by atoms with Crippen molar-refractivity contribution in [2.45, 2.75) is 50.7 Å². The molecule has 6 heteroatoms. The molecule has 32 heavy (non-hydrogen) atoms. The molecule has 2 aliphatic carbocycles. The van der Waals surface area contributed by atoms with Gasteiger partial charge in [0.1, 0.15) is 11.9 Å². The normalized spacial score (nSPS) is 41.2. The third-order valence-corrected chi connectivity index (χ3v) is 9.32. The molecule has 2 saturated carbocycles. The van der Waals surface area contributed by atoms with Crippen LogP contribution in [0.2, 0.25) is 0 Å². The molecular weight excluding hydrogens is 404 g/mol. The number of fused-ring (bicyclic) bond motifs is 3. The Morgan fingerprint density at radius 3 is 2.75 bits per heavy atom. The van der Waals surface area contributed by atoms with E-state index in [9.17, 15) is 4.79 Å². The van der Waals surface area contributed by atoms with Crippen molar-refractivity contribution >= 4 is 11.7 Å². The highest BCUT2D eigenvalue weighted by Gasteiger charge is 2.65. The summed E-state index contributed by atoms with van der Waals surface area (Å²) in [5.74, 6) is 1.91. The minimum atomic E-state index is 0.0191. The van der Waals surface area contributed by atoms with E-state index in [-0.39, 0.29) is 29.0 Å². The second-order valence-electron chi connectivity index (χ2n) is 11.1. The topological polar surface area (TPSA) is 54.5 Å². The second-order valence-corrected chi connectivity index (χ2v) is 11.1. The minimum Gasteiger partial charge on any atom is -0.497 e. The van der Waals surface area contributed by atoms with Crippen molar-refractivity contribution in [2.75, 3.05) is 51.3 Å². The van der Waals surface area contributed by atoms with Gasteiger partial charge < -0.3 is 19.1 Å². The molecule has 3 aliphatic heterocycles. The molecule has 0 amide bonds. The highest BCUT2D eigenvalue weighted by Crippen LogP contribution is 2.62. The number of ether oxygens (including phenoxy) is 3. The van der Waals surface area contributed by atoms with E-state index in [1.54, 1.807) is 7.11 Å². The summed E-state index contributed by atoms with van der Waals surface area (Å²) < 4.78 is 17.4. The Kier molecular flexibility index (Phi) is 4.95. The Morgan fingerprint density at radius 2 is 2.00 bits per heavy atom. The number of piperazine rings is 1. The number of hydrogen-bond acceptors (Lipinski definition) is 6. The average molecular weight is 441 g/mol. The lowest BCUT2D eigenvalue weighted by atomic mass is 9.53. The molecule has 6 rings (SSSR count). The predicted octanol–water partition coefficient (Wildman–Crippen LogP) is 3.34. The summed E-state index contributed by atoms with van der Waals surface area (Å²) in [7, 11) is 1.71. The van der Waals surface area contributed by atoms with Gasteiger partial charge in [0.15, 0.2) is 0 Å². The van der Waals surface area contributed by atoms with Crippen molar-refractivity contribution in [3.05, 3.63) is 24.3 Å². The van der Waals surface area contributed by atoms with Crippen molar-refractivity contribution in [1.82, 2.24) is 4.90 Å². The molecule has 3 heterocycles. The SMILES string of the molecule is COc1cccc(N2CCN(C[C@H]3C(=O)O[C@@H]4C[C@@]5(C)CCC[C@]6(CO6)[C@H]5C[C@@H]43)CC2)c1. The zero-order valence-corrected chi connectivity index (χ0v) is 19.4. The molecule has 0 bridgehead atoms. The van der Waals surface area contributed by atoms with Crippen LogP contribution in [0, 0.1) is 23.2 Å². The van der Waals surface area contributed by atoms with Gasteiger partial charge in [0, 0.05) is 50.4 Å². The molecule has 0 N–H and O–H groups in total. The van der Waals surface area contributed by atoms with Crippen LogP contribution in [0.15, 0.2) is 24.3 Å². The molecule has 6 atom stereocenters. The quantitative estimate of drug-likeness (QED) is 0.529. The number of esters is 1. The number of anilines is 1. The standard InChI is InChI=1S/C26H36N2O4/c1-25-7-4-8-26(17-31-26)23(25)14-20-21(24(29)32-22(20)15-25)16-27-9-11-28(12-10-27)18-5-3-6-19(13-18)30-2/h3,5-6,13,20-23H,4,7-12,14-17H2,1-2H3/t20-,21-,22-,23+,25-,26+/m1/s1. The fourth-order valence-corrected chi connectivity index (χ4v) is 7.44. The Hall–Kier alpha value is -1.79. The highest BCUT2D eigenvalue weighted by molar-refractivity contribution is 5.75. The van der Waals surface area contributed by atoms with Crippen LogP contribution in [0.5, 0.6) is 5.75 Å². The van der Waals surface area contributed by atoms with Crippen LogP contribution in [0.4, 0.5) is 5.69 Å². The molecule has 0 unspecified atom stereocenters. The lowest BCUT2D eigenvalue weighted by molar-refractivity contribution is -0.147. The van der Waals surface area contributed by atoms with Gasteiger partial charge in [-0.3, -0.25) is 9.69 Å². The van der Waals surface area contributed by atoms with Crippen molar-refractivity contribution in [3.8, 4) is 5.75 Å². The van der Waals surface area contributed by atoms with E-state index < -0.39 is 0 Å². The van der Waals surface area contributed by atoms with Gasteiger partial charge in [0.2, 0.25) is 0 Å². The number of epoxide rings is 1. The number of methoxy groups -OCH3 is 1. The molecule has 5 fully saturated rings. The van der Waals surface area contributed by atoms with E-state index >= 15 is 0 Å². The van der Waals surface area contributed by atoms with Gasteiger partial charge in [0.05, 0.1) is 25.2 Å². The van der Waals surface area contributed by atoms with Crippen LogP contribution in [-0.4, -0.2) is 69.0 Å². The first-order valence-electron chi connectivity index (χ1n) is 12.5. The van der Waals surface area contributed by atoms with Crippen LogP contribution in [0.25, 0.3) is 0 Å². The average Bonchev–Trinajstić information content (AvgIpc) is 3.51. The van der Waals surface area contributed by atoms with Crippen LogP contribution < -0.4 is 9.64 Å². The maximum Gasteiger partial charge on any atom is 0.310 e. The number of carbonyl (C=O) groups excluding carboxylic acids is 1. The van der Waals surface area contributed by atoms with Crippen LogP contribution in [0.3, 0.4) is 0 Å². The molecule has 174 valence electrons. The molecule has 1 aromatic rings. The molecule has 0 radical (unpaired) electrons. The van der Waals surface area contributed by atoms with Crippen molar-refractivity contribution < 1.29 is 19.0 Å². The van der Waals surface area contributed by atoms with E-state index in [1.807, 2.05) is 12.1 Å². The molecular formula is C26H36N2O4. The van der Waals surface area contributed by atoms with Gasteiger partial charge in [0.25, 0.3) is 0 Å². The summed E-state index contributed by atoms with van der Waals surface area (Å²) in [4.78, 5) is 17.8. The summed E-state index contributed by atoms with van der Waals surface area (Å²) in [6, 6.07) is 8.29. The van der Waals surface area contributed by atoms with Gasteiger partial charge >= 0.3 is 5.97 Å². The van der Waals surface area contributed by atoms with Crippen molar-refractivity contribution in [1.29, 1.82) is 0 Å². The van der Waals surface area contributed by atoms with E-state index in [4.69, 9.17) is 14.2 Å². The second kappa shape index (κ2) is 7.63. The summed E-state index contributed by atoms with van der Waals surface area (Å²) in [6.45, 7) is 8.09. The Labute approximate surface area is 191 Å². The molecule has 0 aromatic heterocycles. The predicted molar refractivity (Wildman–Crippen MR) is 122 cm³/mol. The smallest absolute Gasteiger partial charge is 0.310 e. The fourth-order valence-electron chi connectivity index (χ4n) is 7.44. The van der Waals surface area contributed by atoms with Crippen molar-refractivity contribution in [3.63, 3.8) is 0 Å². The summed E-state index contributed by atoms with van der Waals surface area (Å²) >= 11 is 0. The Balaban J connectivity index is 1.11.